The Bertz CT molecular complexity index is 617. The number of ether oxygens (including phenoxy) is 2. The maximum atomic E-state index is 5.86. The Balaban J connectivity index is 2.09. The van der Waals surface area contributed by atoms with Gasteiger partial charge in [0.15, 0.2) is 11.5 Å². The fourth-order valence-electron chi connectivity index (χ4n) is 2.55. The average molecular weight is 313 g/mol. The quantitative estimate of drug-likeness (QED) is 0.687. The molecule has 0 aliphatic heterocycles. The van der Waals surface area contributed by atoms with E-state index in [-0.39, 0.29) is 0 Å². The molecule has 2 aromatic carbocycles. The molecule has 0 saturated heterocycles. The van der Waals surface area contributed by atoms with Gasteiger partial charge >= 0.3 is 0 Å². The minimum absolute atomic E-state index is 0.723. The van der Waals surface area contributed by atoms with Crippen LogP contribution in [0.1, 0.15) is 36.5 Å². The summed E-state index contributed by atoms with van der Waals surface area (Å²) >= 11 is 0. The van der Waals surface area contributed by atoms with E-state index in [0.29, 0.717) is 0 Å². The number of hydrogen-bond acceptors (Lipinski definition) is 3. The molecular formula is C20H27NO2. The Morgan fingerprint density at radius 3 is 2.39 bits per heavy atom. The van der Waals surface area contributed by atoms with Crippen LogP contribution in [0, 0.1) is 13.8 Å². The highest BCUT2D eigenvalue weighted by atomic mass is 16.5. The number of benzene rings is 2. The maximum absolute atomic E-state index is 5.86. The maximum Gasteiger partial charge on any atom is 0.161 e. The van der Waals surface area contributed by atoms with E-state index in [0.717, 1.165) is 37.5 Å². The summed E-state index contributed by atoms with van der Waals surface area (Å²) in [6, 6.07) is 12.5. The molecule has 0 radical (unpaired) electrons. The predicted octanol–water partition coefficient (Wildman–Crippen LogP) is 5.10. The molecule has 0 saturated carbocycles. The van der Waals surface area contributed by atoms with E-state index in [9.17, 15) is 0 Å². The van der Waals surface area contributed by atoms with Crippen molar-refractivity contribution in [2.75, 3.05) is 19.0 Å². The Kier molecular flexibility index (Phi) is 6.33. The van der Waals surface area contributed by atoms with E-state index >= 15 is 0 Å². The number of nitrogens with one attached hydrogen (secondary N) is 1. The van der Waals surface area contributed by atoms with Crippen LogP contribution in [0.2, 0.25) is 0 Å². The lowest BCUT2D eigenvalue weighted by Crippen LogP contribution is -2.04. The molecule has 0 bridgehead atoms. The average Bonchev–Trinajstić information content (AvgIpc) is 2.55. The third kappa shape index (κ3) is 4.65. The SMILES string of the molecule is CCCCOc1cc(CNc2c(C)cccc2C)ccc1OC. The Labute approximate surface area is 139 Å². The van der Waals surface area contributed by atoms with Crippen LogP contribution in [0.3, 0.4) is 0 Å². The van der Waals surface area contributed by atoms with Crippen molar-refractivity contribution in [3.63, 3.8) is 0 Å². The zero-order valence-corrected chi connectivity index (χ0v) is 14.6. The summed E-state index contributed by atoms with van der Waals surface area (Å²) in [7, 11) is 1.68. The van der Waals surface area contributed by atoms with Crippen molar-refractivity contribution in [2.24, 2.45) is 0 Å². The van der Waals surface area contributed by atoms with Crippen molar-refractivity contribution < 1.29 is 9.47 Å². The van der Waals surface area contributed by atoms with Crippen LogP contribution < -0.4 is 14.8 Å². The second-order valence-electron chi connectivity index (χ2n) is 5.81. The first-order chi connectivity index (χ1) is 11.2. The number of rotatable bonds is 8. The van der Waals surface area contributed by atoms with Gasteiger partial charge in [0.25, 0.3) is 0 Å². The Morgan fingerprint density at radius 2 is 1.74 bits per heavy atom. The van der Waals surface area contributed by atoms with Gasteiger partial charge in [0, 0.05) is 12.2 Å². The van der Waals surface area contributed by atoms with Gasteiger partial charge in [-0.3, -0.25) is 0 Å². The molecule has 0 heterocycles. The van der Waals surface area contributed by atoms with Crippen LogP contribution in [0.25, 0.3) is 0 Å². The fraction of sp³-hybridized carbons (Fsp3) is 0.400. The number of hydrogen-bond donors (Lipinski definition) is 1. The van der Waals surface area contributed by atoms with E-state index in [4.69, 9.17) is 9.47 Å². The molecule has 2 aromatic rings. The fourth-order valence-corrected chi connectivity index (χ4v) is 2.55. The van der Waals surface area contributed by atoms with Crippen LogP contribution in [-0.2, 0) is 6.54 Å². The third-order valence-electron chi connectivity index (χ3n) is 3.93. The van der Waals surface area contributed by atoms with Crippen molar-refractivity contribution in [2.45, 2.75) is 40.2 Å². The number of unbranched alkanes of at least 4 members (excludes halogenated alkanes) is 1. The van der Waals surface area contributed by atoms with Crippen molar-refractivity contribution in [1.29, 1.82) is 0 Å². The monoisotopic (exact) mass is 313 g/mol. The van der Waals surface area contributed by atoms with E-state index in [1.165, 1.54) is 22.4 Å². The van der Waals surface area contributed by atoms with Gasteiger partial charge in [0.2, 0.25) is 0 Å². The molecule has 0 unspecified atom stereocenters. The van der Waals surface area contributed by atoms with E-state index in [1.54, 1.807) is 7.11 Å². The molecule has 23 heavy (non-hydrogen) atoms. The van der Waals surface area contributed by atoms with Crippen LogP contribution in [0.4, 0.5) is 5.69 Å². The molecule has 0 fully saturated rings. The second-order valence-corrected chi connectivity index (χ2v) is 5.81. The zero-order valence-electron chi connectivity index (χ0n) is 14.6. The van der Waals surface area contributed by atoms with Gasteiger partial charge in [0.05, 0.1) is 13.7 Å². The standard InChI is InChI=1S/C20H27NO2/c1-5-6-12-23-19-13-17(10-11-18(19)22-4)14-21-20-15(2)8-7-9-16(20)3/h7-11,13,21H,5-6,12,14H2,1-4H3. The number of aryl methyl sites for hydroxylation is 2. The highest BCUT2D eigenvalue weighted by Gasteiger charge is 2.07. The molecule has 124 valence electrons. The number of para-hydroxylation sites is 1. The topological polar surface area (TPSA) is 30.5 Å². The first-order valence-corrected chi connectivity index (χ1v) is 8.25. The van der Waals surface area contributed by atoms with Gasteiger partial charge in [-0.25, -0.2) is 0 Å². The van der Waals surface area contributed by atoms with Gasteiger partial charge < -0.3 is 14.8 Å². The van der Waals surface area contributed by atoms with Crippen LogP contribution in [0.5, 0.6) is 11.5 Å². The highest BCUT2D eigenvalue weighted by molar-refractivity contribution is 5.57. The molecule has 0 aromatic heterocycles. The van der Waals surface area contributed by atoms with Gasteiger partial charge in [-0.15, -0.1) is 0 Å². The summed E-state index contributed by atoms with van der Waals surface area (Å²) in [6.45, 7) is 7.90. The molecule has 1 N–H and O–H groups in total. The normalized spacial score (nSPS) is 10.4. The number of anilines is 1. The Morgan fingerprint density at radius 1 is 1.00 bits per heavy atom. The molecule has 0 aliphatic rings. The van der Waals surface area contributed by atoms with Crippen molar-refractivity contribution in [3.05, 3.63) is 53.1 Å². The molecule has 0 aliphatic carbocycles. The first kappa shape index (κ1) is 17.2. The van der Waals surface area contributed by atoms with Crippen molar-refractivity contribution >= 4 is 5.69 Å². The lowest BCUT2D eigenvalue weighted by atomic mass is 10.1. The summed E-state index contributed by atoms with van der Waals surface area (Å²) in [5.41, 5.74) is 4.91. The van der Waals surface area contributed by atoms with Crippen LogP contribution in [0.15, 0.2) is 36.4 Å². The molecule has 0 atom stereocenters. The van der Waals surface area contributed by atoms with Crippen LogP contribution in [-0.4, -0.2) is 13.7 Å². The molecule has 3 heteroatoms. The smallest absolute Gasteiger partial charge is 0.161 e. The van der Waals surface area contributed by atoms with Gasteiger partial charge in [0.1, 0.15) is 0 Å². The van der Waals surface area contributed by atoms with E-state index in [2.05, 4.69) is 56.4 Å². The summed E-state index contributed by atoms with van der Waals surface area (Å²) < 4.78 is 11.2. The summed E-state index contributed by atoms with van der Waals surface area (Å²) in [4.78, 5) is 0. The molecule has 0 spiro atoms. The van der Waals surface area contributed by atoms with Gasteiger partial charge in [-0.2, -0.15) is 0 Å². The second kappa shape index (κ2) is 8.47. The summed E-state index contributed by atoms with van der Waals surface area (Å²) in [6.07, 6.45) is 2.17. The zero-order chi connectivity index (χ0) is 16.7. The minimum atomic E-state index is 0.723. The van der Waals surface area contributed by atoms with Crippen LogP contribution >= 0.6 is 0 Å². The lowest BCUT2D eigenvalue weighted by molar-refractivity contribution is 0.288. The summed E-state index contributed by atoms with van der Waals surface area (Å²) in [5, 5.41) is 3.53. The molecular weight excluding hydrogens is 286 g/mol. The minimum Gasteiger partial charge on any atom is -0.493 e. The summed E-state index contributed by atoms with van der Waals surface area (Å²) in [5.74, 6) is 1.61. The highest BCUT2D eigenvalue weighted by Crippen LogP contribution is 2.29. The Hall–Kier alpha value is -2.16. The molecule has 0 amide bonds. The first-order valence-electron chi connectivity index (χ1n) is 8.25. The van der Waals surface area contributed by atoms with Crippen molar-refractivity contribution in [1.82, 2.24) is 0 Å². The lowest BCUT2D eigenvalue weighted by Gasteiger charge is -2.15. The molecule has 2 rings (SSSR count). The third-order valence-corrected chi connectivity index (χ3v) is 3.93. The molecule has 3 nitrogen and oxygen atoms in total. The van der Waals surface area contributed by atoms with E-state index in [1.807, 2.05) is 6.07 Å². The largest absolute Gasteiger partial charge is 0.493 e. The number of methoxy groups -OCH3 is 1. The van der Waals surface area contributed by atoms with E-state index < -0.39 is 0 Å². The van der Waals surface area contributed by atoms with Gasteiger partial charge in [-0.05, 0) is 49.1 Å². The predicted molar refractivity (Wildman–Crippen MR) is 96.6 cm³/mol. The van der Waals surface area contributed by atoms with Crippen molar-refractivity contribution in [3.8, 4) is 11.5 Å². The van der Waals surface area contributed by atoms with Gasteiger partial charge in [-0.1, -0.05) is 37.6 Å².